The van der Waals surface area contributed by atoms with Crippen LogP contribution in [0.1, 0.15) is 46.0 Å². The average molecular weight is 439 g/mol. The monoisotopic (exact) mass is 439 g/mol. The number of ether oxygens (including phenoxy) is 1. The summed E-state index contributed by atoms with van der Waals surface area (Å²) in [6.45, 7) is 4.69. The summed E-state index contributed by atoms with van der Waals surface area (Å²) in [6.07, 6.45) is 11.3. The van der Waals surface area contributed by atoms with Gasteiger partial charge in [-0.25, -0.2) is 0 Å². The zero-order chi connectivity index (χ0) is 16.4. The number of fused-ring (bicyclic) bond motifs is 1. The van der Waals surface area contributed by atoms with Gasteiger partial charge in [0.2, 0.25) is 0 Å². The highest BCUT2D eigenvalue weighted by Gasteiger charge is 2.41. The van der Waals surface area contributed by atoms with Gasteiger partial charge < -0.3 is 28.7 Å². The molecule has 3 rings (SSSR count). The van der Waals surface area contributed by atoms with Gasteiger partial charge in [-0.3, -0.25) is 4.79 Å². The van der Waals surface area contributed by atoms with Crippen LogP contribution in [0, 0.1) is 11.3 Å². The topological polar surface area (TPSA) is 30.2 Å². The van der Waals surface area contributed by atoms with Crippen LogP contribution in [0.15, 0.2) is 47.7 Å². The number of carbonyl (C=O) groups is 1. The Kier molecular flexibility index (Phi) is 6.23. The van der Waals surface area contributed by atoms with Gasteiger partial charge in [-0.2, -0.15) is 4.57 Å². The van der Waals surface area contributed by atoms with Gasteiger partial charge in [0.1, 0.15) is 7.05 Å². The lowest BCUT2D eigenvalue weighted by Gasteiger charge is -2.27. The molecule has 1 aromatic rings. The fourth-order valence-electron chi connectivity index (χ4n) is 3.93. The first-order chi connectivity index (χ1) is 11.0. The first-order valence-corrected chi connectivity index (χ1v) is 8.52. The van der Waals surface area contributed by atoms with Crippen LogP contribution in [-0.2, 0) is 11.8 Å². The third-order valence-corrected chi connectivity index (χ3v) is 5.14. The molecule has 2 aliphatic rings. The number of aromatic nitrogens is 1. The van der Waals surface area contributed by atoms with Crippen LogP contribution in [0.2, 0.25) is 0 Å². The molecular weight excluding hydrogens is 413 g/mol. The second-order valence-corrected chi connectivity index (χ2v) is 7.36. The second-order valence-electron chi connectivity index (χ2n) is 7.36. The zero-order valence-corrected chi connectivity index (χ0v) is 16.9. The van der Waals surface area contributed by atoms with Crippen molar-refractivity contribution in [1.82, 2.24) is 0 Å². The lowest BCUT2D eigenvalue weighted by molar-refractivity contribution is -0.675. The number of carbonyl (C=O) groups excluding carboxylic acids is 1. The van der Waals surface area contributed by atoms with E-state index in [0.717, 1.165) is 19.3 Å². The Hall–Kier alpha value is -1.17. The SMILES string of the molecule is C[n+]1ccccc1OC(=O)CCC[C@@H]1C2=CCC=C2CC1(C)C.[I-]. The van der Waals surface area contributed by atoms with Crippen molar-refractivity contribution in [3.8, 4) is 5.88 Å². The zero-order valence-electron chi connectivity index (χ0n) is 14.7. The smallest absolute Gasteiger partial charge is 0.375 e. The first-order valence-electron chi connectivity index (χ1n) is 8.52. The average Bonchev–Trinajstić information content (AvgIpc) is 3.01. The van der Waals surface area contributed by atoms with E-state index in [1.165, 1.54) is 12.0 Å². The molecule has 1 atom stereocenters. The van der Waals surface area contributed by atoms with Crippen LogP contribution in [0.4, 0.5) is 0 Å². The molecule has 2 aliphatic carbocycles. The maximum atomic E-state index is 12.1. The van der Waals surface area contributed by atoms with Crippen molar-refractivity contribution in [2.45, 2.75) is 46.0 Å². The van der Waals surface area contributed by atoms with Crippen molar-refractivity contribution in [3.05, 3.63) is 47.7 Å². The number of aryl methyl sites for hydroxylation is 1. The molecule has 3 nitrogen and oxygen atoms in total. The van der Waals surface area contributed by atoms with Crippen LogP contribution in [0.25, 0.3) is 0 Å². The Labute approximate surface area is 161 Å². The molecule has 1 fully saturated rings. The van der Waals surface area contributed by atoms with E-state index in [2.05, 4.69) is 26.0 Å². The Bertz CT molecular complexity index is 676. The highest BCUT2D eigenvalue weighted by molar-refractivity contribution is 5.71. The van der Waals surface area contributed by atoms with Crippen LogP contribution in [0.5, 0.6) is 5.88 Å². The van der Waals surface area contributed by atoms with E-state index in [4.69, 9.17) is 4.74 Å². The predicted molar refractivity (Wildman–Crippen MR) is 89.8 cm³/mol. The lowest BCUT2D eigenvalue weighted by Crippen LogP contribution is -3.00. The second kappa shape index (κ2) is 7.81. The van der Waals surface area contributed by atoms with Gasteiger partial charge in [0.25, 0.3) is 0 Å². The number of esters is 1. The number of hydrogen-bond donors (Lipinski definition) is 0. The molecule has 1 saturated carbocycles. The Morgan fingerprint density at radius 3 is 2.88 bits per heavy atom. The number of allylic oxidation sites excluding steroid dienone is 4. The van der Waals surface area contributed by atoms with Crippen molar-refractivity contribution in [1.29, 1.82) is 0 Å². The molecule has 0 aliphatic heterocycles. The molecule has 4 heteroatoms. The highest BCUT2D eigenvalue weighted by atomic mass is 127. The van der Waals surface area contributed by atoms with E-state index in [-0.39, 0.29) is 29.9 Å². The van der Waals surface area contributed by atoms with E-state index >= 15 is 0 Å². The summed E-state index contributed by atoms with van der Waals surface area (Å²) < 4.78 is 7.26. The van der Waals surface area contributed by atoms with Gasteiger partial charge in [-0.05, 0) is 54.2 Å². The number of hydrogen-bond acceptors (Lipinski definition) is 2. The summed E-state index contributed by atoms with van der Waals surface area (Å²) in [7, 11) is 1.88. The molecule has 24 heavy (non-hydrogen) atoms. The fourth-order valence-corrected chi connectivity index (χ4v) is 3.93. The molecule has 1 aromatic heterocycles. The van der Waals surface area contributed by atoms with Crippen LogP contribution in [0.3, 0.4) is 0 Å². The van der Waals surface area contributed by atoms with Gasteiger partial charge >= 0.3 is 11.8 Å². The van der Waals surface area contributed by atoms with Crippen LogP contribution >= 0.6 is 0 Å². The van der Waals surface area contributed by atoms with Crippen molar-refractivity contribution >= 4 is 5.97 Å². The van der Waals surface area contributed by atoms with Crippen molar-refractivity contribution in [3.63, 3.8) is 0 Å². The van der Waals surface area contributed by atoms with Gasteiger partial charge in [0.15, 0.2) is 6.20 Å². The molecule has 0 N–H and O–H groups in total. The quantitative estimate of drug-likeness (QED) is 0.388. The maximum absolute atomic E-state index is 12.1. The van der Waals surface area contributed by atoms with Gasteiger partial charge in [0, 0.05) is 12.5 Å². The minimum absolute atomic E-state index is 0. The van der Waals surface area contributed by atoms with Gasteiger partial charge in [-0.15, -0.1) is 0 Å². The number of pyridine rings is 1. The summed E-state index contributed by atoms with van der Waals surface area (Å²) in [5, 5.41) is 0. The van der Waals surface area contributed by atoms with E-state index in [1.807, 2.05) is 36.0 Å². The van der Waals surface area contributed by atoms with Crippen LogP contribution in [-0.4, -0.2) is 5.97 Å². The summed E-state index contributed by atoms with van der Waals surface area (Å²) in [4.78, 5) is 12.1. The Morgan fingerprint density at radius 1 is 1.33 bits per heavy atom. The van der Waals surface area contributed by atoms with E-state index < -0.39 is 0 Å². The number of halogens is 1. The third kappa shape index (κ3) is 4.08. The number of nitrogens with zero attached hydrogens (tertiary/aromatic N) is 1. The van der Waals surface area contributed by atoms with E-state index in [1.54, 1.807) is 5.57 Å². The third-order valence-electron chi connectivity index (χ3n) is 5.14. The molecule has 0 unspecified atom stereocenters. The number of rotatable bonds is 5. The minimum atomic E-state index is -0.140. The maximum Gasteiger partial charge on any atom is 0.375 e. The Morgan fingerprint density at radius 2 is 2.12 bits per heavy atom. The molecular formula is C20H26INO2. The summed E-state index contributed by atoms with van der Waals surface area (Å²) in [6, 6.07) is 5.61. The molecule has 0 spiro atoms. The summed E-state index contributed by atoms with van der Waals surface area (Å²) in [5.41, 5.74) is 3.39. The normalized spacial score (nSPS) is 20.7. The summed E-state index contributed by atoms with van der Waals surface area (Å²) >= 11 is 0. The lowest BCUT2D eigenvalue weighted by atomic mass is 9.77. The van der Waals surface area contributed by atoms with Crippen molar-refractivity contribution in [2.24, 2.45) is 18.4 Å². The summed E-state index contributed by atoms with van der Waals surface area (Å²) in [5.74, 6) is 1.04. The van der Waals surface area contributed by atoms with E-state index in [9.17, 15) is 4.79 Å². The highest BCUT2D eigenvalue weighted by Crippen LogP contribution is 2.53. The molecule has 0 bridgehead atoms. The predicted octanol–water partition coefficient (Wildman–Crippen LogP) is 0.893. The van der Waals surface area contributed by atoms with Crippen LogP contribution < -0.4 is 33.3 Å². The molecule has 0 radical (unpaired) electrons. The molecule has 0 saturated heterocycles. The van der Waals surface area contributed by atoms with E-state index in [0.29, 0.717) is 23.6 Å². The Balaban J connectivity index is 0.00000208. The molecule has 130 valence electrons. The van der Waals surface area contributed by atoms with Crippen molar-refractivity contribution in [2.75, 3.05) is 0 Å². The van der Waals surface area contributed by atoms with Gasteiger partial charge in [0.05, 0.1) is 6.07 Å². The molecule has 0 amide bonds. The molecule has 0 aromatic carbocycles. The molecule has 1 heterocycles. The fraction of sp³-hybridized carbons (Fsp3) is 0.500. The van der Waals surface area contributed by atoms with Crippen molar-refractivity contribution < 1.29 is 38.1 Å². The minimum Gasteiger partial charge on any atom is -1.00 e. The van der Waals surface area contributed by atoms with Gasteiger partial charge in [-0.1, -0.05) is 26.0 Å². The standard InChI is InChI=1S/C20H26NO2.HI/c1-20(2)14-15-8-6-9-16(15)17(20)10-7-12-19(22)23-18-11-4-5-13-21(18)3;/h4-5,8-9,11,13,17H,6-7,10,12,14H2,1-3H3;1H/q+1;/p-1/t17-;/m1./s1. The largest absolute Gasteiger partial charge is 1.00 e. The first kappa shape index (κ1) is 19.2.